The second-order valence-electron chi connectivity index (χ2n) is 5.79. The highest BCUT2D eigenvalue weighted by molar-refractivity contribution is 7.86. The molecule has 0 bridgehead atoms. The number of carbonyl (C=O) groups is 1. The summed E-state index contributed by atoms with van der Waals surface area (Å²) in [5.41, 5.74) is 0.817. The lowest BCUT2D eigenvalue weighted by atomic mass is 10.1. The molecule has 7 nitrogen and oxygen atoms in total. The molecule has 0 atom stereocenters. The minimum Gasteiger partial charge on any atom is -0.338 e. The summed E-state index contributed by atoms with van der Waals surface area (Å²) in [5.74, 6) is -0.294. The SMILES string of the molecule is CN(C)S(=O)(=O)N1CCN(C(=O)NCCc2cccc(F)c2)CC1. The maximum atomic E-state index is 13.1. The zero-order valence-electron chi connectivity index (χ0n) is 13.9. The van der Waals surface area contributed by atoms with Crippen LogP contribution in [0.4, 0.5) is 9.18 Å². The van der Waals surface area contributed by atoms with Gasteiger partial charge in [0, 0.05) is 46.8 Å². The van der Waals surface area contributed by atoms with E-state index in [1.54, 1.807) is 17.0 Å². The summed E-state index contributed by atoms with van der Waals surface area (Å²) in [6.45, 7) is 1.64. The Kier molecular flexibility index (Phi) is 6.14. The number of nitrogens with zero attached hydrogens (tertiary/aromatic N) is 3. The Bertz CT molecular complexity index is 673. The highest BCUT2D eigenvalue weighted by Gasteiger charge is 2.29. The van der Waals surface area contributed by atoms with Crippen LogP contribution < -0.4 is 5.32 Å². The van der Waals surface area contributed by atoms with Crippen LogP contribution >= 0.6 is 0 Å². The molecule has 0 spiro atoms. The van der Waals surface area contributed by atoms with Gasteiger partial charge < -0.3 is 10.2 Å². The van der Waals surface area contributed by atoms with Crippen LogP contribution in [0.5, 0.6) is 0 Å². The molecule has 1 N–H and O–H groups in total. The first kappa shape index (κ1) is 18.6. The zero-order valence-corrected chi connectivity index (χ0v) is 14.7. The summed E-state index contributed by atoms with van der Waals surface area (Å²) in [7, 11) is -0.459. The van der Waals surface area contributed by atoms with Gasteiger partial charge in [0.25, 0.3) is 10.2 Å². The molecule has 1 heterocycles. The van der Waals surface area contributed by atoms with Gasteiger partial charge in [-0.2, -0.15) is 17.0 Å². The first-order valence-electron chi connectivity index (χ1n) is 7.75. The molecule has 0 aliphatic carbocycles. The van der Waals surface area contributed by atoms with E-state index in [-0.39, 0.29) is 24.9 Å². The molecule has 0 unspecified atom stereocenters. The van der Waals surface area contributed by atoms with Gasteiger partial charge in [0.05, 0.1) is 0 Å². The van der Waals surface area contributed by atoms with Crippen LogP contribution in [0.3, 0.4) is 0 Å². The lowest BCUT2D eigenvalue weighted by molar-refractivity contribution is 0.170. The van der Waals surface area contributed by atoms with Gasteiger partial charge in [0.15, 0.2) is 0 Å². The van der Waals surface area contributed by atoms with E-state index in [0.717, 1.165) is 5.56 Å². The van der Waals surface area contributed by atoms with Crippen molar-refractivity contribution in [3.8, 4) is 0 Å². The normalized spacial score (nSPS) is 16.4. The number of urea groups is 1. The molecule has 0 saturated carbocycles. The van der Waals surface area contributed by atoms with Gasteiger partial charge in [0.1, 0.15) is 5.82 Å². The van der Waals surface area contributed by atoms with Gasteiger partial charge >= 0.3 is 6.03 Å². The monoisotopic (exact) mass is 358 g/mol. The Morgan fingerprint density at radius 1 is 1.25 bits per heavy atom. The molecule has 2 amide bonds. The quantitative estimate of drug-likeness (QED) is 0.833. The third-order valence-electron chi connectivity index (χ3n) is 3.89. The van der Waals surface area contributed by atoms with Crippen molar-refractivity contribution in [2.45, 2.75) is 6.42 Å². The fourth-order valence-electron chi connectivity index (χ4n) is 2.47. The van der Waals surface area contributed by atoms with E-state index in [1.165, 1.54) is 34.8 Å². The smallest absolute Gasteiger partial charge is 0.317 e. The molecular weight excluding hydrogens is 335 g/mol. The average Bonchev–Trinajstić information content (AvgIpc) is 2.55. The second kappa shape index (κ2) is 7.91. The highest BCUT2D eigenvalue weighted by atomic mass is 32.2. The van der Waals surface area contributed by atoms with Crippen molar-refractivity contribution in [3.05, 3.63) is 35.6 Å². The van der Waals surface area contributed by atoms with E-state index in [2.05, 4.69) is 5.32 Å². The zero-order chi connectivity index (χ0) is 17.7. The van der Waals surface area contributed by atoms with Crippen molar-refractivity contribution in [2.24, 2.45) is 0 Å². The predicted octanol–water partition coefficient (Wildman–Crippen LogP) is 0.502. The standard InChI is InChI=1S/C15H23FN4O3S/c1-18(2)24(22,23)20-10-8-19(9-11-20)15(21)17-7-6-13-4-3-5-14(16)12-13/h3-5,12H,6-11H2,1-2H3,(H,17,21). The van der Waals surface area contributed by atoms with Crippen LogP contribution in [0.15, 0.2) is 24.3 Å². The molecule has 1 saturated heterocycles. The minimum absolute atomic E-state index is 0.228. The van der Waals surface area contributed by atoms with E-state index < -0.39 is 10.2 Å². The third kappa shape index (κ3) is 4.65. The van der Waals surface area contributed by atoms with E-state index >= 15 is 0 Å². The topological polar surface area (TPSA) is 73.0 Å². The van der Waals surface area contributed by atoms with Gasteiger partial charge in [-0.05, 0) is 24.1 Å². The Labute approximate surface area is 142 Å². The fourth-order valence-corrected chi connectivity index (χ4v) is 3.56. The molecule has 1 aromatic rings. The number of nitrogens with one attached hydrogen (secondary N) is 1. The fraction of sp³-hybridized carbons (Fsp3) is 0.533. The van der Waals surface area contributed by atoms with Crippen LogP contribution in [-0.4, -0.2) is 74.8 Å². The third-order valence-corrected chi connectivity index (χ3v) is 5.83. The number of piperazine rings is 1. The summed E-state index contributed by atoms with van der Waals surface area (Å²) in [6, 6.07) is 6.03. The molecule has 24 heavy (non-hydrogen) atoms. The van der Waals surface area contributed by atoms with Crippen LogP contribution in [0.2, 0.25) is 0 Å². The predicted molar refractivity (Wildman–Crippen MR) is 89.3 cm³/mol. The van der Waals surface area contributed by atoms with Gasteiger partial charge in [-0.25, -0.2) is 9.18 Å². The van der Waals surface area contributed by atoms with Crippen molar-refractivity contribution in [1.29, 1.82) is 0 Å². The van der Waals surface area contributed by atoms with Crippen LogP contribution in [0, 0.1) is 5.82 Å². The van der Waals surface area contributed by atoms with Gasteiger partial charge in [-0.15, -0.1) is 0 Å². The second-order valence-corrected chi connectivity index (χ2v) is 7.93. The number of rotatable bonds is 5. The minimum atomic E-state index is -3.43. The number of amides is 2. The summed E-state index contributed by atoms with van der Waals surface area (Å²) >= 11 is 0. The van der Waals surface area contributed by atoms with Crippen LogP contribution in [-0.2, 0) is 16.6 Å². The summed E-state index contributed by atoms with van der Waals surface area (Å²) < 4.78 is 39.7. The van der Waals surface area contributed by atoms with E-state index in [9.17, 15) is 17.6 Å². The maximum Gasteiger partial charge on any atom is 0.317 e. The largest absolute Gasteiger partial charge is 0.338 e. The molecule has 0 aromatic heterocycles. The average molecular weight is 358 g/mol. The molecule has 9 heteroatoms. The molecule has 134 valence electrons. The van der Waals surface area contributed by atoms with Crippen molar-refractivity contribution in [3.63, 3.8) is 0 Å². The van der Waals surface area contributed by atoms with E-state index in [1.807, 2.05) is 0 Å². The highest BCUT2D eigenvalue weighted by Crippen LogP contribution is 2.10. The maximum absolute atomic E-state index is 13.1. The Morgan fingerprint density at radius 2 is 1.92 bits per heavy atom. The summed E-state index contributed by atoms with van der Waals surface area (Å²) in [4.78, 5) is 13.7. The van der Waals surface area contributed by atoms with Crippen molar-refractivity contribution < 1.29 is 17.6 Å². The molecule has 1 aliphatic heterocycles. The lowest BCUT2D eigenvalue weighted by Crippen LogP contribution is -2.55. The molecular formula is C15H23FN4O3S. The Morgan fingerprint density at radius 3 is 2.50 bits per heavy atom. The van der Waals surface area contributed by atoms with Crippen LogP contribution in [0.25, 0.3) is 0 Å². The summed E-state index contributed by atoms with van der Waals surface area (Å²) in [5, 5.41) is 2.78. The molecule has 0 radical (unpaired) electrons. The van der Waals surface area contributed by atoms with Crippen molar-refractivity contribution in [1.82, 2.24) is 18.8 Å². The van der Waals surface area contributed by atoms with Gasteiger partial charge in [0.2, 0.25) is 0 Å². The Hall–Kier alpha value is -1.71. The van der Waals surface area contributed by atoms with E-state index in [0.29, 0.717) is 26.1 Å². The number of carbonyl (C=O) groups excluding carboxylic acids is 1. The molecule has 1 aliphatic rings. The first-order valence-corrected chi connectivity index (χ1v) is 9.15. The number of hydrogen-bond donors (Lipinski definition) is 1. The lowest BCUT2D eigenvalue weighted by Gasteiger charge is -2.35. The first-order chi connectivity index (χ1) is 11.3. The Balaban J connectivity index is 1.77. The number of halogens is 1. The van der Waals surface area contributed by atoms with Crippen LogP contribution in [0.1, 0.15) is 5.56 Å². The van der Waals surface area contributed by atoms with E-state index in [4.69, 9.17) is 0 Å². The van der Waals surface area contributed by atoms with Crippen molar-refractivity contribution in [2.75, 3.05) is 46.8 Å². The van der Waals surface area contributed by atoms with Gasteiger partial charge in [-0.3, -0.25) is 0 Å². The van der Waals surface area contributed by atoms with Gasteiger partial charge in [-0.1, -0.05) is 12.1 Å². The number of benzene rings is 1. The molecule has 2 rings (SSSR count). The number of hydrogen-bond acceptors (Lipinski definition) is 3. The summed E-state index contributed by atoms with van der Waals surface area (Å²) in [6.07, 6.45) is 0.540. The molecule has 1 aromatic carbocycles. The molecule has 1 fully saturated rings. The van der Waals surface area contributed by atoms with Crippen molar-refractivity contribution >= 4 is 16.2 Å².